The van der Waals surface area contributed by atoms with Gasteiger partial charge in [0, 0.05) is 42.9 Å². The van der Waals surface area contributed by atoms with Crippen molar-refractivity contribution in [1.29, 1.82) is 0 Å². The van der Waals surface area contributed by atoms with Crippen molar-refractivity contribution in [1.82, 2.24) is 20.0 Å². The highest BCUT2D eigenvalue weighted by Crippen LogP contribution is 2.25. The molecule has 1 aliphatic heterocycles. The third-order valence-electron chi connectivity index (χ3n) is 4.74. The molecular formula is C20H28N4O. The maximum Gasteiger partial charge on any atom is 0.223 e. The van der Waals surface area contributed by atoms with E-state index in [0.717, 1.165) is 43.7 Å². The predicted octanol–water partition coefficient (Wildman–Crippen LogP) is 2.82. The number of hydrogen-bond acceptors (Lipinski definition) is 3. The number of aryl methyl sites for hydroxylation is 1. The first-order valence-corrected chi connectivity index (χ1v) is 9.13. The van der Waals surface area contributed by atoms with Crippen LogP contribution in [-0.4, -0.2) is 39.7 Å². The van der Waals surface area contributed by atoms with E-state index < -0.39 is 0 Å². The smallest absolute Gasteiger partial charge is 0.223 e. The summed E-state index contributed by atoms with van der Waals surface area (Å²) in [6.07, 6.45) is 3.97. The number of rotatable bonds is 5. The van der Waals surface area contributed by atoms with E-state index in [9.17, 15) is 4.79 Å². The summed E-state index contributed by atoms with van der Waals surface area (Å²) in [4.78, 5) is 14.6. The van der Waals surface area contributed by atoms with E-state index in [2.05, 4.69) is 33.6 Å². The highest BCUT2D eigenvalue weighted by atomic mass is 16.1. The van der Waals surface area contributed by atoms with Crippen LogP contribution < -0.4 is 5.32 Å². The summed E-state index contributed by atoms with van der Waals surface area (Å²) in [5.41, 5.74) is 3.46. The quantitative estimate of drug-likeness (QED) is 0.910. The van der Waals surface area contributed by atoms with Crippen LogP contribution in [0, 0.1) is 5.92 Å². The molecule has 0 bridgehead atoms. The second kappa shape index (κ2) is 7.83. The van der Waals surface area contributed by atoms with Gasteiger partial charge in [-0.1, -0.05) is 30.3 Å². The summed E-state index contributed by atoms with van der Waals surface area (Å²) in [6, 6.07) is 10.6. The van der Waals surface area contributed by atoms with Crippen LogP contribution in [0.1, 0.15) is 32.3 Å². The van der Waals surface area contributed by atoms with Gasteiger partial charge in [-0.3, -0.25) is 14.4 Å². The van der Waals surface area contributed by atoms with Crippen LogP contribution in [0.3, 0.4) is 0 Å². The number of nitrogens with one attached hydrogen (secondary N) is 1. The summed E-state index contributed by atoms with van der Waals surface area (Å²) in [5, 5.41) is 7.69. The highest BCUT2D eigenvalue weighted by Gasteiger charge is 2.26. The molecule has 5 heteroatoms. The van der Waals surface area contributed by atoms with Gasteiger partial charge in [0.1, 0.15) is 0 Å². The van der Waals surface area contributed by atoms with Gasteiger partial charge in [0.15, 0.2) is 0 Å². The lowest BCUT2D eigenvalue weighted by atomic mass is 9.95. The second-order valence-corrected chi connectivity index (χ2v) is 7.26. The first-order chi connectivity index (χ1) is 12.0. The Hall–Kier alpha value is -2.14. The maximum atomic E-state index is 12.2. The fourth-order valence-electron chi connectivity index (χ4n) is 3.49. The zero-order valence-electron chi connectivity index (χ0n) is 15.4. The minimum absolute atomic E-state index is 0.154. The number of benzene rings is 1. The molecule has 3 rings (SSSR count). The number of amides is 1. The molecule has 25 heavy (non-hydrogen) atoms. The first kappa shape index (κ1) is 17.7. The zero-order chi connectivity index (χ0) is 17.8. The van der Waals surface area contributed by atoms with E-state index in [1.165, 1.54) is 5.56 Å². The Morgan fingerprint density at radius 2 is 1.92 bits per heavy atom. The lowest BCUT2D eigenvalue weighted by Gasteiger charge is -2.31. The van der Waals surface area contributed by atoms with Gasteiger partial charge in [-0.05, 0) is 39.8 Å². The largest absolute Gasteiger partial charge is 0.354 e. The van der Waals surface area contributed by atoms with Crippen molar-refractivity contribution in [3.63, 3.8) is 0 Å². The molecule has 2 heterocycles. The number of carbonyl (C=O) groups is 1. The number of piperidine rings is 1. The zero-order valence-corrected chi connectivity index (χ0v) is 15.4. The third-order valence-corrected chi connectivity index (χ3v) is 4.74. The minimum Gasteiger partial charge on any atom is -0.354 e. The molecule has 1 aromatic carbocycles. The van der Waals surface area contributed by atoms with Crippen molar-refractivity contribution in [3.05, 3.63) is 42.1 Å². The van der Waals surface area contributed by atoms with Gasteiger partial charge in [0.25, 0.3) is 0 Å². The summed E-state index contributed by atoms with van der Waals surface area (Å²) in [6.45, 7) is 6.83. The van der Waals surface area contributed by atoms with Crippen LogP contribution in [0.4, 0.5) is 0 Å². The summed E-state index contributed by atoms with van der Waals surface area (Å²) >= 11 is 0. The second-order valence-electron chi connectivity index (χ2n) is 7.26. The number of carbonyl (C=O) groups excluding carboxylic acids is 1. The summed E-state index contributed by atoms with van der Waals surface area (Å²) < 4.78 is 1.89. The normalized spacial score (nSPS) is 16.3. The van der Waals surface area contributed by atoms with Crippen LogP contribution >= 0.6 is 0 Å². The standard InChI is InChI=1S/C20H28N4O/c1-15(2)21-20(25)17-9-11-24(12-10-17)14-18-13-23(3)22-19(18)16-7-5-4-6-8-16/h4-8,13,15,17H,9-12,14H2,1-3H3,(H,21,25). The van der Waals surface area contributed by atoms with Crippen LogP contribution in [0.2, 0.25) is 0 Å². The van der Waals surface area contributed by atoms with Gasteiger partial charge in [-0.2, -0.15) is 5.10 Å². The summed E-state index contributed by atoms with van der Waals surface area (Å²) in [7, 11) is 1.97. The molecule has 0 saturated carbocycles. The number of aromatic nitrogens is 2. The van der Waals surface area contributed by atoms with Crippen LogP contribution in [0.25, 0.3) is 11.3 Å². The molecule has 0 radical (unpaired) electrons. The molecule has 2 aromatic rings. The topological polar surface area (TPSA) is 50.2 Å². The van der Waals surface area contributed by atoms with E-state index in [0.29, 0.717) is 0 Å². The molecule has 1 aromatic heterocycles. The number of hydrogen-bond donors (Lipinski definition) is 1. The molecule has 1 N–H and O–H groups in total. The Bertz CT molecular complexity index is 700. The van der Waals surface area contributed by atoms with E-state index in [4.69, 9.17) is 0 Å². The lowest BCUT2D eigenvalue weighted by Crippen LogP contribution is -2.42. The minimum atomic E-state index is 0.154. The van der Waals surface area contributed by atoms with Gasteiger partial charge in [0.05, 0.1) is 5.69 Å². The molecule has 1 aliphatic rings. The SMILES string of the molecule is CC(C)NC(=O)C1CCN(Cc2cn(C)nc2-c2ccccc2)CC1. The predicted molar refractivity (Wildman–Crippen MR) is 99.9 cm³/mol. The average Bonchev–Trinajstić information content (AvgIpc) is 2.96. The van der Waals surface area contributed by atoms with E-state index in [-0.39, 0.29) is 17.9 Å². The molecule has 0 unspecified atom stereocenters. The summed E-state index contributed by atoms with van der Waals surface area (Å²) in [5.74, 6) is 0.363. The van der Waals surface area contributed by atoms with Crippen LogP contribution in [0.5, 0.6) is 0 Å². The molecule has 0 atom stereocenters. The molecule has 1 saturated heterocycles. The van der Waals surface area contributed by atoms with Crippen LogP contribution in [0.15, 0.2) is 36.5 Å². The van der Waals surface area contributed by atoms with Crippen molar-refractivity contribution in [2.75, 3.05) is 13.1 Å². The monoisotopic (exact) mass is 340 g/mol. The maximum absolute atomic E-state index is 12.2. The van der Waals surface area contributed by atoms with Crippen molar-refractivity contribution in [3.8, 4) is 11.3 Å². The Labute approximate surface area is 150 Å². The van der Waals surface area contributed by atoms with Crippen LogP contribution in [-0.2, 0) is 18.4 Å². The first-order valence-electron chi connectivity index (χ1n) is 9.13. The Balaban J connectivity index is 1.62. The number of likely N-dealkylation sites (tertiary alicyclic amines) is 1. The van der Waals surface area contributed by atoms with E-state index >= 15 is 0 Å². The third kappa shape index (κ3) is 4.48. The van der Waals surface area contributed by atoms with Crippen molar-refractivity contribution in [2.45, 2.75) is 39.3 Å². The molecule has 134 valence electrons. The molecular weight excluding hydrogens is 312 g/mol. The average molecular weight is 340 g/mol. The van der Waals surface area contributed by atoms with E-state index in [1.54, 1.807) is 0 Å². The molecule has 1 fully saturated rings. The molecule has 0 aliphatic carbocycles. The lowest BCUT2D eigenvalue weighted by molar-refractivity contribution is -0.127. The van der Waals surface area contributed by atoms with Gasteiger partial charge in [0.2, 0.25) is 5.91 Å². The fourth-order valence-corrected chi connectivity index (χ4v) is 3.49. The van der Waals surface area contributed by atoms with Crippen molar-refractivity contribution < 1.29 is 4.79 Å². The number of nitrogens with zero attached hydrogens (tertiary/aromatic N) is 3. The molecule has 1 amide bonds. The van der Waals surface area contributed by atoms with Gasteiger partial charge < -0.3 is 5.32 Å². The fraction of sp³-hybridized carbons (Fsp3) is 0.500. The van der Waals surface area contributed by atoms with Gasteiger partial charge in [-0.15, -0.1) is 0 Å². The highest BCUT2D eigenvalue weighted by molar-refractivity contribution is 5.79. The van der Waals surface area contributed by atoms with Gasteiger partial charge in [-0.25, -0.2) is 0 Å². The Morgan fingerprint density at radius 3 is 2.56 bits per heavy atom. The molecule has 5 nitrogen and oxygen atoms in total. The van der Waals surface area contributed by atoms with Gasteiger partial charge >= 0.3 is 0 Å². The van der Waals surface area contributed by atoms with E-state index in [1.807, 2.05) is 43.8 Å². The van der Waals surface area contributed by atoms with Crippen molar-refractivity contribution >= 4 is 5.91 Å². The Morgan fingerprint density at radius 1 is 1.24 bits per heavy atom. The van der Waals surface area contributed by atoms with Crippen molar-refractivity contribution in [2.24, 2.45) is 13.0 Å². The Kier molecular flexibility index (Phi) is 5.53. The molecule has 0 spiro atoms.